The first-order valence-corrected chi connectivity index (χ1v) is 9.22. The first-order valence-electron chi connectivity index (χ1n) is 6.56. The number of nitrogen functional groups attached to an aromatic ring is 1. The van der Waals surface area contributed by atoms with Crippen LogP contribution in [0.1, 0.15) is 33.1 Å². The third kappa shape index (κ3) is 2.86. The second-order valence-corrected chi connectivity index (χ2v) is 8.08. The zero-order valence-electron chi connectivity index (χ0n) is 11.5. The third-order valence-corrected chi connectivity index (χ3v) is 6.19. The van der Waals surface area contributed by atoms with Gasteiger partial charge in [-0.15, -0.1) is 0 Å². The van der Waals surface area contributed by atoms with Crippen LogP contribution in [0.25, 0.3) is 0 Å². The van der Waals surface area contributed by atoms with Gasteiger partial charge in [0.05, 0.1) is 0 Å². The van der Waals surface area contributed by atoms with Crippen molar-refractivity contribution < 1.29 is 8.42 Å². The van der Waals surface area contributed by atoms with E-state index in [0.29, 0.717) is 22.9 Å². The van der Waals surface area contributed by atoms with Crippen molar-refractivity contribution in [1.29, 1.82) is 0 Å². The molecule has 1 aromatic heterocycles. The molecule has 1 aliphatic carbocycles. The average Bonchev–Trinajstić information content (AvgIpc) is 2.84. The lowest BCUT2D eigenvalue weighted by Gasteiger charge is -2.21. The highest BCUT2D eigenvalue weighted by Gasteiger charge is 2.33. The number of hydrogen-bond acceptors (Lipinski definition) is 6. The average molecular weight is 303 g/mol. The van der Waals surface area contributed by atoms with Crippen LogP contribution in [-0.4, -0.2) is 25.1 Å². The van der Waals surface area contributed by atoms with Crippen molar-refractivity contribution in [3.63, 3.8) is 0 Å². The smallest absolute Gasteiger partial charge is 0.182 e. The SMILES string of the molecule is CCC1CCC(Nc2snc(N)c2S(C)(=O)=O)C1C. The minimum absolute atomic E-state index is 0.104. The maximum atomic E-state index is 11.8. The Bertz CT molecular complexity index is 553. The highest BCUT2D eigenvalue weighted by Crippen LogP contribution is 2.39. The summed E-state index contributed by atoms with van der Waals surface area (Å²) in [5.74, 6) is 1.36. The summed E-state index contributed by atoms with van der Waals surface area (Å²) in [6.07, 6.45) is 4.60. The predicted molar refractivity (Wildman–Crippen MR) is 79.2 cm³/mol. The molecule has 0 spiro atoms. The van der Waals surface area contributed by atoms with E-state index in [1.54, 1.807) is 0 Å². The Morgan fingerprint density at radius 2 is 2.16 bits per heavy atom. The number of aromatic nitrogens is 1. The van der Waals surface area contributed by atoms with Crippen molar-refractivity contribution in [3.8, 4) is 0 Å². The van der Waals surface area contributed by atoms with Gasteiger partial charge in [0.1, 0.15) is 9.90 Å². The van der Waals surface area contributed by atoms with Crippen LogP contribution in [0.3, 0.4) is 0 Å². The molecule has 3 N–H and O–H groups in total. The number of anilines is 2. The van der Waals surface area contributed by atoms with Crippen LogP contribution in [0.4, 0.5) is 10.8 Å². The Morgan fingerprint density at radius 1 is 1.47 bits per heavy atom. The molecule has 2 rings (SSSR count). The quantitative estimate of drug-likeness (QED) is 0.892. The molecular weight excluding hydrogens is 282 g/mol. The van der Waals surface area contributed by atoms with Gasteiger partial charge in [-0.25, -0.2) is 8.42 Å². The number of nitrogens with two attached hydrogens (primary N) is 1. The molecule has 0 bridgehead atoms. The standard InChI is InChI=1S/C12H21N3O2S2/c1-4-8-5-6-9(7(8)2)14-12-10(19(3,16)17)11(13)15-18-12/h7-9,14H,4-6H2,1-3H3,(H2,13,15). The number of hydrogen-bond donors (Lipinski definition) is 2. The molecular formula is C12H21N3O2S2. The van der Waals surface area contributed by atoms with E-state index in [0.717, 1.165) is 18.0 Å². The minimum atomic E-state index is -3.34. The Morgan fingerprint density at radius 3 is 2.68 bits per heavy atom. The van der Waals surface area contributed by atoms with E-state index in [1.807, 2.05) is 0 Å². The summed E-state index contributed by atoms with van der Waals surface area (Å²) in [5.41, 5.74) is 5.67. The second-order valence-electron chi connectivity index (χ2n) is 5.35. The van der Waals surface area contributed by atoms with Gasteiger partial charge in [-0.1, -0.05) is 20.3 Å². The lowest BCUT2D eigenvalue weighted by atomic mass is 9.93. The molecule has 3 atom stereocenters. The second kappa shape index (κ2) is 5.28. The lowest BCUT2D eigenvalue weighted by molar-refractivity contribution is 0.392. The zero-order chi connectivity index (χ0) is 14.2. The third-order valence-electron chi connectivity index (χ3n) is 4.11. The number of nitrogens with one attached hydrogen (secondary N) is 1. The van der Waals surface area contributed by atoms with Gasteiger partial charge in [-0.3, -0.25) is 0 Å². The Kier molecular flexibility index (Phi) is 4.06. The molecule has 1 saturated carbocycles. The van der Waals surface area contributed by atoms with E-state index >= 15 is 0 Å². The summed E-state index contributed by atoms with van der Waals surface area (Å²) in [4.78, 5) is 0.157. The van der Waals surface area contributed by atoms with Gasteiger partial charge in [-0.05, 0) is 36.2 Å². The van der Waals surface area contributed by atoms with Gasteiger partial charge >= 0.3 is 0 Å². The van der Waals surface area contributed by atoms with Gasteiger partial charge in [0.15, 0.2) is 15.7 Å². The van der Waals surface area contributed by atoms with E-state index in [1.165, 1.54) is 19.1 Å². The molecule has 1 aromatic rings. The van der Waals surface area contributed by atoms with Crippen molar-refractivity contribution in [2.24, 2.45) is 11.8 Å². The topological polar surface area (TPSA) is 85.1 Å². The molecule has 5 nitrogen and oxygen atoms in total. The van der Waals surface area contributed by atoms with Gasteiger partial charge in [0.2, 0.25) is 0 Å². The summed E-state index contributed by atoms with van der Waals surface area (Å²) < 4.78 is 27.5. The summed E-state index contributed by atoms with van der Waals surface area (Å²) in [7, 11) is -3.34. The van der Waals surface area contributed by atoms with Crippen LogP contribution in [-0.2, 0) is 9.84 Å². The fraction of sp³-hybridized carbons (Fsp3) is 0.750. The van der Waals surface area contributed by atoms with Crippen molar-refractivity contribution in [2.75, 3.05) is 17.3 Å². The molecule has 1 fully saturated rings. The van der Waals surface area contributed by atoms with Crippen LogP contribution in [0.2, 0.25) is 0 Å². The minimum Gasteiger partial charge on any atom is -0.382 e. The van der Waals surface area contributed by atoms with Gasteiger partial charge < -0.3 is 11.1 Å². The maximum Gasteiger partial charge on any atom is 0.182 e. The molecule has 3 unspecified atom stereocenters. The molecule has 0 radical (unpaired) electrons. The van der Waals surface area contributed by atoms with Gasteiger partial charge in [0, 0.05) is 12.3 Å². The van der Waals surface area contributed by atoms with E-state index in [4.69, 9.17) is 5.73 Å². The fourth-order valence-electron chi connectivity index (χ4n) is 2.94. The molecule has 0 aliphatic heterocycles. The Hall–Kier alpha value is -0.820. The number of sulfone groups is 1. The molecule has 0 amide bonds. The number of rotatable bonds is 4. The van der Waals surface area contributed by atoms with E-state index < -0.39 is 9.84 Å². The van der Waals surface area contributed by atoms with Crippen molar-refractivity contribution in [3.05, 3.63) is 0 Å². The molecule has 108 valence electrons. The maximum absolute atomic E-state index is 11.8. The van der Waals surface area contributed by atoms with Gasteiger partial charge in [-0.2, -0.15) is 4.37 Å². The number of nitrogens with zero attached hydrogens (tertiary/aromatic N) is 1. The molecule has 1 aliphatic rings. The Balaban J connectivity index is 2.22. The summed E-state index contributed by atoms with van der Waals surface area (Å²) in [6.45, 7) is 4.43. The first-order chi connectivity index (χ1) is 8.84. The molecule has 0 aromatic carbocycles. The van der Waals surface area contributed by atoms with Crippen molar-refractivity contribution in [2.45, 2.75) is 44.0 Å². The Labute approximate surface area is 118 Å². The van der Waals surface area contributed by atoms with Crippen molar-refractivity contribution in [1.82, 2.24) is 4.37 Å². The summed E-state index contributed by atoms with van der Waals surface area (Å²) in [6, 6.07) is 0.310. The normalized spacial score (nSPS) is 27.6. The van der Waals surface area contributed by atoms with Gasteiger partial charge in [0.25, 0.3) is 0 Å². The van der Waals surface area contributed by atoms with Crippen molar-refractivity contribution >= 4 is 32.2 Å². The molecule has 1 heterocycles. The largest absolute Gasteiger partial charge is 0.382 e. The van der Waals surface area contributed by atoms with E-state index in [9.17, 15) is 8.42 Å². The highest BCUT2D eigenvalue weighted by atomic mass is 32.2. The van der Waals surface area contributed by atoms with E-state index in [2.05, 4.69) is 23.5 Å². The predicted octanol–water partition coefficient (Wildman–Crippen LogP) is 2.37. The summed E-state index contributed by atoms with van der Waals surface area (Å²) in [5, 5.41) is 3.94. The highest BCUT2D eigenvalue weighted by molar-refractivity contribution is 7.91. The zero-order valence-corrected chi connectivity index (χ0v) is 13.1. The lowest BCUT2D eigenvalue weighted by Crippen LogP contribution is -2.25. The molecule has 19 heavy (non-hydrogen) atoms. The van der Waals surface area contributed by atoms with Crippen LogP contribution in [0.5, 0.6) is 0 Å². The summed E-state index contributed by atoms with van der Waals surface area (Å²) >= 11 is 1.14. The first kappa shape index (κ1) is 14.6. The monoisotopic (exact) mass is 303 g/mol. The molecule has 7 heteroatoms. The van der Waals surface area contributed by atoms with Crippen LogP contribution >= 0.6 is 11.5 Å². The molecule has 0 saturated heterocycles. The van der Waals surface area contributed by atoms with Crippen LogP contribution < -0.4 is 11.1 Å². The fourth-order valence-corrected chi connectivity index (χ4v) is 5.06. The van der Waals surface area contributed by atoms with Crippen LogP contribution in [0, 0.1) is 11.8 Å². The van der Waals surface area contributed by atoms with E-state index in [-0.39, 0.29) is 10.7 Å². The van der Waals surface area contributed by atoms with Crippen LogP contribution in [0.15, 0.2) is 4.90 Å².